The van der Waals surface area contributed by atoms with Gasteiger partial charge in [0.2, 0.25) is 0 Å². The Labute approximate surface area is 107 Å². The minimum absolute atomic E-state index is 0.560. The molecule has 1 aromatic carbocycles. The van der Waals surface area contributed by atoms with Crippen molar-refractivity contribution in [3.63, 3.8) is 0 Å². The summed E-state index contributed by atoms with van der Waals surface area (Å²) < 4.78 is 0. The van der Waals surface area contributed by atoms with Gasteiger partial charge in [0, 0.05) is 34.8 Å². The zero-order valence-corrected chi connectivity index (χ0v) is 11.1. The lowest BCUT2D eigenvalue weighted by Gasteiger charge is -2.08. The fourth-order valence-electron chi connectivity index (χ4n) is 1.70. The zero-order chi connectivity index (χ0) is 12.1. The molecule has 1 heterocycles. The molecule has 2 aromatic rings. The highest BCUT2D eigenvalue weighted by Crippen LogP contribution is 2.25. The molecule has 1 N–H and O–H groups in total. The first-order valence-corrected chi connectivity index (χ1v) is 6.96. The van der Waals surface area contributed by atoms with E-state index in [-0.39, 0.29) is 0 Å². The molecule has 17 heavy (non-hydrogen) atoms. The van der Waals surface area contributed by atoms with E-state index in [1.54, 1.807) is 0 Å². The summed E-state index contributed by atoms with van der Waals surface area (Å²) in [6, 6.07) is 11.0. The van der Waals surface area contributed by atoms with Gasteiger partial charge in [0.1, 0.15) is 0 Å². The number of para-hydroxylation sites is 1. The van der Waals surface area contributed by atoms with Gasteiger partial charge in [0.15, 0.2) is 0 Å². The maximum Gasteiger partial charge on any atom is 0.0713 e. The highest BCUT2D eigenvalue weighted by Gasteiger charge is 2.01. The molecule has 3 heteroatoms. The molecule has 0 radical (unpaired) electrons. The number of nitrogens with one attached hydrogen (secondary N) is 1. The van der Waals surface area contributed by atoms with Gasteiger partial charge in [-0.3, -0.25) is 4.98 Å². The third-order valence-corrected chi connectivity index (χ3v) is 3.60. The number of hydrogen-bond acceptors (Lipinski definition) is 3. The van der Waals surface area contributed by atoms with Gasteiger partial charge in [-0.25, -0.2) is 0 Å². The number of fused-ring (bicyclic) bond motifs is 1. The van der Waals surface area contributed by atoms with Gasteiger partial charge in [-0.15, -0.1) is 11.8 Å². The van der Waals surface area contributed by atoms with Crippen LogP contribution in [0, 0.1) is 0 Å². The average Bonchev–Trinajstić information content (AvgIpc) is 2.34. The van der Waals surface area contributed by atoms with Gasteiger partial charge in [-0.2, -0.15) is 0 Å². The summed E-state index contributed by atoms with van der Waals surface area (Å²) in [6.07, 6.45) is 1.89. The van der Waals surface area contributed by atoms with Crippen LogP contribution >= 0.6 is 11.8 Å². The molecule has 2 nitrogen and oxygen atoms in total. The van der Waals surface area contributed by atoms with E-state index < -0.39 is 0 Å². The zero-order valence-electron chi connectivity index (χ0n) is 10.3. The SMILES string of the molecule is CC(C)NCCSc1ccnc2ccccc12. The maximum absolute atomic E-state index is 4.37. The average molecular weight is 246 g/mol. The van der Waals surface area contributed by atoms with Crippen molar-refractivity contribution in [3.05, 3.63) is 36.5 Å². The first-order valence-electron chi connectivity index (χ1n) is 5.97. The Kier molecular flexibility index (Phi) is 4.40. The van der Waals surface area contributed by atoms with Gasteiger partial charge in [-0.05, 0) is 12.1 Å². The highest BCUT2D eigenvalue weighted by molar-refractivity contribution is 7.99. The quantitative estimate of drug-likeness (QED) is 0.647. The molecule has 0 atom stereocenters. The fraction of sp³-hybridized carbons (Fsp3) is 0.357. The number of aromatic nitrogens is 1. The van der Waals surface area contributed by atoms with Crippen molar-refractivity contribution < 1.29 is 0 Å². The fourth-order valence-corrected chi connectivity index (χ4v) is 2.63. The summed E-state index contributed by atoms with van der Waals surface area (Å²) in [5.41, 5.74) is 1.08. The maximum atomic E-state index is 4.37. The van der Waals surface area contributed by atoms with Crippen molar-refractivity contribution in [2.24, 2.45) is 0 Å². The van der Waals surface area contributed by atoms with Crippen LogP contribution in [0.25, 0.3) is 10.9 Å². The molecule has 0 fully saturated rings. The molecular formula is C14H18N2S. The van der Waals surface area contributed by atoms with E-state index in [2.05, 4.69) is 48.4 Å². The number of thioether (sulfide) groups is 1. The van der Waals surface area contributed by atoms with E-state index in [1.165, 1.54) is 10.3 Å². The van der Waals surface area contributed by atoms with Gasteiger partial charge < -0.3 is 5.32 Å². The molecule has 1 aromatic heterocycles. The molecular weight excluding hydrogens is 228 g/mol. The third-order valence-electron chi connectivity index (χ3n) is 2.52. The molecule has 0 bridgehead atoms. The Hall–Kier alpha value is -1.06. The van der Waals surface area contributed by atoms with Crippen LogP contribution in [0.3, 0.4) is 0 Å². The van der Waals surface area contributed by atoms with Crippen molar-refractivity contribution in [1.82, 2.24) is 10.3 Å². The number of benzene rings is 1. The van der Waals surface area contributed by atoms with Crippen molar-refractivity contribution in [3.8, 4) is 0 Å². The number of pyridine rings is 1. The molecule has 0 aliphatic rings. The van der Waals surface area contributed by atoms with E-state index in [4.69, 9.17) is 0 Å². The summed E-state index contributed by atoms with van der Waals surface area (Å²) in [7, 11) is 0. The molecule has 0 aliphatic heterocycles. The van der Waals surface area contributed by atoms with E-state index in [9.17, 15) is 0 Å². The number of nitrogens with zero attached hydrogens (tertiary/aromatic N) is 1. The monoisotopic (exact) mass is 246 g/mol. The van der Waals surface area contributed by atoms with Crippen LogP contribution in [-0.2, 0) is 0 Å². The standard InChI is InChI=1S/C14H18N2S/c1-11(2)15-9-10-17-14-7-8-16-13-6-4-3-5-12(13)14/h3-8,11,15H,9-10H2,1-2H3. The summed E-state index contributed by atoms with van der Waals surface area (Å²) >= 11 is 1.89. The predicted octanol–water partition coefficient (Wildman–Crippen LogP) is 3.32. The van der Waals surface area contributed by atoms with Crippen LogP contribution in [0.2, 0.25) is 0 Å². The Balaban J connectivity index is 2.03. The van der Waals surface area contributed by atoms with E-state index in [1.807, 2.05) is 24.0 Å². The summed E-state index contributed by atoms with van der Waals surface area (Å²) in [4.78, 5) is 5.69. The van der Waals surface area contributed by atoms with Gasteiger partial charge in [0.05, 0.1) is 5.52 Å². The molecule has 90 valence electrons. The topological polar surface area (TPSA) is 24.9 Å². The lowest BCUT2D eigenvalue weighted by molar-refractivity contribution is 0.616. The highest BCUT2D eigenvalue weighted by atomic mass is 32.2. The van der Waals surface area contributed by atoms with Crippen LogP contribution in [-0.4, -0.2) is 23.3 Å². The van der Waals surface area contributed by atoms with Crippen molar-refractivity contribution >= 4 is 22.7 Å². The lowest BCUT2D eigenvalue weighted by Crippen LogP contribution is -2.24. The van der Waals surface area contributed by atoms with Crippen LogP contribution in [0.1, 0.15) is 13.8 Å². The Morgan fingerprint density at radius 2 is 2.06 bits per heavy atom. The molecule has 0 aliphatic carbocycles. The smallest absolute Gasteiger partial charge is 0.0713 e. The minimum atomic E-state index is 0.560. The second kappa shape index (κ2) is 6.03. The number of hydrogen-bond donors (Lipinski definition) is 1. The summed E-state index contributed by atoms with van der Waals surface area (Å²) in [6.45, 7) is 5.39. The first kappa shape index (κ1) is 12.4. The van der Waals surface area contributed by atoms with Crippen LogP contribution in [0.5, 0.6) is 0 Å². The molecule has 0 saturated heterocycles. The second-order valence-electron chi connectivity index (χ2n) is 4.28. The van der Waals surface area contributed by atoms with Gasteiger partial charge in [-0.1, -0.05) is 32.0 Å². The molecule has 0 spiro atoms. The minimum Gasteiger partial charge on any atom is -0.314 e. The van der Waals surface area contributed by atoms with Gasteiger partial charge >= 0.3 is 0 Å². The molecule has 0 saturated carbocycles. The number of rotatable bonds is 5. The lowest BCUT2D eigenvalue weighted by atomic mass is 10.2. The summed E-state index contributed by atoms with van der Waals surface area (Å²) in [5.74, 6) is 1.09. The van der Waals surface area contributed by atoms with E-state index >= 15 is 0 Å². The van der Waals surface area contributed by atoms with Crippen LogP contribution < -0.4 is 5.32 Å². The first-order chi connectivity index (χ1) is 8.27. The molecule has 0 unspecified atom stereocenters. The largest absolute Gasteiger partial charge is 0.314 e. The van der Waals surface area contributed by atoms with Crippen LogP contribution in [0.15, 0.2) is 41.4 Å². The Bertz CT molecular complexity index is 477. The van der Waals surface area contributed by atoms with Crippen molar-refractivity contribution in [2.45, 2.75) is 24.8 Å². The molecule has 0 amide bonds. The van der Waals surface area contributed by atoms with E-state index in [0.29, 0.717) is 6.04 Å². The normalized spacial score (nSPS) is 11.2. The van der Waals surface area contributed by atoms with Gasteiger partial charge in [0.25, 0.3) is 0 Å². The Morgan fingerprint density at radius 1 is 1.24 bits per heavy atom. The van der Waals surface area contributed by atoms with Crippen molar-refractivity contribution in [2.75, 3.05) is 12.3 Å². The van der Waals surface area contributed by atoms with Crippen molar-refractivity contribution in [1.29, 1.82) is 0 Å². The molecule has 2 rings (SSSR count). The second-order valence-corrected chi connectivity index (χ2v) is 5.42. The van der Waals surface area contributed by atoms with Crippen LogP contribution in [0.4, 0.5) is 0 Å². The summed E-state index contributed by atoms with van der Waals surface area (Å²) in [5, 5.41) is 4.68. The third kappa shape index (κ3) is 3.45. The Morgan fingerprint density at radius 3 is 2.88 bits per heavy atom. The van der Waals surface area contributed by atoms with E-state index in [0.717, 1.165) is 17.8 Å². The predicted molar refractivity (Wildman–Crippen MR) is 75.6 cm³/mol.